The van der Waals surface area contributed by atoms with E-state index in [1.165, 1.54) is 31.3 Å². The lowest BCUT2D eigenvalue weighted by Gasteiger charge is -2.71. The Bertz CT molecular complexity index is 954. The molecule has 0 saturated heterocycles. The number of carbonyl (C=O) groups is 1. The number of methoxy groups -OCH3 is 2. The molecule has 36 heavy (non-hydrogen) atoms. The third-order valence-electron chi connectivity index (χ3n) is 13.8. The highest BCUT2D eigenvalue weighted by atomic mass is 16.5. The van der Waals surface area contributed by atoms with Crippen molar-refractivity contribution in [3.05, 3.63) is 11.6 Å². The van der Waals surface area contributed by atoms with E-state index >= 15 is 0 Å². The monoisotopic (exact) mass is 500 g/mol. The van der Waals surface area contributed by atoms with E-state index in [4.69, 9.17) is 9.47 Å². The molecule has 0 radical (unpaired) electrons. The first-order valence-electron chi connectivity index (χ1n) is 14.7. The quantitative estimate of drug-likeness (QED) is 0.407. The molecule has 0 aliphatic heterocycles. The van der Waals surface area contributed by atoms with E-state index in [1.807, 2.05) is 7.11 Å². The van der Waals surface area contributed by atoms with Gasteiger partial charge in [0.1, 0.15) is 5.41 Å². The Kier molecular flexibility index (Phi) is 5.99. The molecule has 0 aromatic carbocycles. The van der Waals surface area contributed by atoms with Crippen LogP contribution in [0.3, 0.4) is 0 Å². The van der Waals surface area contributed by atoms with Crippen molar-refractivity contribution in [1.82, 2.24) is 0 Å². The van der Waals surface area contributed by atoms with Gasteiger partial charge in [0.2, 0.25) is 0 Å². The van der Waals surface area contributed by atoms with Gasteiger partial charge in [-0.2, -0.15) is 0 Å². The summed E-state index contributed by atoms with van der Waals surface area (Å²) >= 11 is 0. The minimum absolute atomic E-state index is 0.0475. The molecule has 4 saturated carbocycles. The molecule has 4 unspecified atom stereocenters. The zero-order chi connectivity index (χ0) is 26.5. The van der Waals surface area contributed by atoms with E-state index < -0.39 is 11.4 Å². The van der Waals surface area contributed by atoms with Crippen LogP contribution in [0.2, 0.25) is 0 Å². The van der Waals surface area contributed by atoms with Gasteiger partial charge in [-0.05, 0) is 110 Å². The largest absolute Gasteiger partial charge is 0.481 e. The lowest BCUT2D eigenvalue weighted by Crippen LogP contribution is -2.68. The predicted molar refractivity (Wildman–Crippen MR) is 144 cm³/mol. The smallest absolute Gasteiger partial charge is 0.312 e. The van der Waals surface area contributed by atoms with Crippen molar-refractivity contribution < 1.29 is 19.4 Å². The average molecular weight is 501 g/mol. The first kappa shape index (κ1) is 26.7. The molecule has 204 valence electrons. The number of allylic oxidation sites excluding steroid dienone is 2. The molecule has 5 aliphatic carbocycles. The Hall–Kier alpha value is -0.870. The summed E-state index contributed by atoms with van der Waals surface area (Å²) in [5.41, 5.74) is 1.05. The fourth-order valence-electron chi connectivity index (χ4n) is 11.1. The van der Waals surface area contributed by atoms with E-state index in [0.717, 1.165) is 32.1 Å². The van der Waals surface area contributed by atoms with Gasteiger partial charge >= 0.3 is 5.97 Å². The first-order valence-corrected chi connectivity index (χ1v) is 14.7. The van der Waals surface area contributed by atoms with Gasteiger partial charge in [0.25, 0.3) is 0 Å². The molecule has 0 aromatic heterocycles. The SMILES string of the molecule is COC1C[C@]2(C)C(=CCC3C4(C)CC[C@H](C)[C@](C)(OC)[C@@H]4CC[C@@]32C)C2CC(C)(C)CC[C@]12C(=O)O. The molecule has 0 spiro atoms. The average Bonchev–Trinajstić information content (AvgIpc) is 2.81. The number of aliphatic carboxylic acids is 1. The predicted octanol–water partition coefficient (Wildman–Crippen LogP) is 7.51. The molecule has 4 fully saturated rings. The Balaban J connectivity index is 1.64. The van der Waals surface area contributed by atoms with Gasteiger partial charge < -0.3 is 14.6 Å². The molecule has 4 heteroatoms. The van der Waals surface area contributed by atoms with Crippen LogP contribution in [0.15, 0.2) is 11.6 Å². The van der Waals surface area contributed by atoms with Gasteiger partial charge in [0.05, 0.1) is 11.7 Å². The van der Waals surface area contributed by atoms with Gasteiger partial charge in [-0.1, -0.05) is 53.2 Å². The van der Waals surface area contributed by atoms with Crippen molar-refractivity contribution in [2.75, 3.05) is 14.2 Å². The van der Waals surface area contributed by atoms with Crippen LogP contribution in [0.25, 0.3) is 0 Å². The van der Waals surface area contributed by atoms with Crippen molar-refractivity contribution in [2.24, 2.45) is 50.7 Å². The van der Waals surface area contributed by atoms with Crippen LogP contribution in [0.1, 0.15) is 106 Å². The topological polar surface area (TPSA) is 55.8 Å². The van der Waals surface area contributed by atoms with Crippen LogP contribution >= 0.6 is 0 Å². The number of ether oxygens (including phenoxy) is 2. The highest BCUT2D eigenvalue weighted by Crippen LogP contribution is 2.75. The number of fused-ring (bicyclic) bond motifs is 7. The van der Waals surface area contributed by atoms with Crippen LogP contribution in [-0.4, -0.2) is 37.0 Å². The highest BCUT2D eigenvalue weighted by Gasteiger charge is 2.71. The molecule has 5 aliphatic rings. The van der Waals surface area contributed by atoms with Crippen LogP contribution in [-0.2, 0) is 14.3 Å². The van der Waals surface area contributed by atoms with Crippen molar-refractivity contribution in [2.45, 2.75) is 118 Å². The second kappa shape index (κ2) is 8.07. The van der Waals surface area contributed by atoms with Crippen molar-refractivity contribution in [3.8, 4) is 0 Å². The van der Waals surface area contributed by atoms with Crippen molar-refractivity contribution in [3.63, 3.8) is 0 Å². The number of hydrogen-bond acceptors (Lipinski definition) is 3. The van der Waals surface area contributed by atoms with E-state index in [-0.39, 0.29) is 39.3 Å². The fourth-order valence-corrected chi connectivity index (χ4v) is 11.1. The van der Waals surface area contributed by atoms with Gasteiger partial charge in [0, 0.05) is 14.2 Å². The summed E-state index contributed by atoms with van der Waals surface area (Å²) in [6.45, 7) is 17.1. The maximum atomic E-state index is 13.1. The summed E-state index contributed by atoms with van der Waals surface area (Å²) in [6, 6.07) is 0. The molecule has 0 heterocycles. The number of rotatable bonds is 3. The van der Waals surface area contributed by atoms with Crippen LogP contribution in [0.4, 0.5) is 0 Å². The third-order valence-corrected chi connectivity index (χ3v) is 13.8. The Morgan fingerprint density at radius 1 is 0.944 bits per heavy atom. The summed E-state index contributed by atoms with van der Waals surface area (Å²) < 4.78 is 12.5. The maximum absolute atomic E-state index is 13.1. The highest BCUT2D eigenvalue weighted by molar-refractivity contribution is 5.77. The van der Waals surface area contributed by atoms with E-state index in [1.54, 1.807) is 7.11 Å². The van der Waals surface area contributed by atoms with E-state index in [0.29, 0.717) is 17.8 Å². The zero-order valence-corrected chi connectivity index (χ0v) is 24.5. The Morgan fingerprint density at radius 3 is 2.25 bits per heavy atom. The van der Waals surface area contributed by atoms with E-state index in [2.05, 4.69) is 54.5 Å². The summed E-state index contributed by atoms with van der Waals surface area (Å²) in [7, 11) is 3.69. The molecule has 0 bridgehead atoms. The van der Waals surface area contributed by atoms with Gasteiger partial charge in [-0.25, -0.2) is 0 Å². The molecule has 4 nitrogen and oxygen atoms in total. The molecule has 10 atom stereocenters. The van der Waals surface area contributed by atoms with Crippen molar-refractivity contribution >= 4 is 5.97 Å². The van der Waals surface area contributed by atoms with Crippen LogP contribution in [0.5, 0.6) is 0 Å². The zero-order valence-electron chi connectivity index (χ0n) is 24.5. The molecule has 0 aromatic rings. The molecular formula is C32H52O4. The van der Waals surface area contributed by atoms with Crippen LogP contribution < -0.4 is 0 Å². The molecule has 0 amide bonds. The Labute approximate surface area is 220 Å². The summed E-state index contributed by atoms with van der Waals surface area (Å²) in [6.07, 6.45) is 11.7. The second-order valence-corrected chi connectivity index (χ2v) is 15.3. The Morgan fingerprint density at radius 2 is 1.64 bits per heavy atom. The summed E-state index contributed by atoms with van der Waals surface area (Å²) in [5, 5.41) is 10.8. The normalized spacial score (nSPS) is 53.8. The maximum Gasteiger partial charge on any atom is 0.312 e. The standard InChI is InChI=1S/C32H52O4/c1-20-12-14-28(4)23-11-10-21-22-18-27(2,3)16-17-32(22,26(33)34)25(35-8)19-30(21,6)29(23,5)15-13-24(28)31(20,7)36-9/h10,20,22-25H,11-19H2,1-9H3,(H,33,34)/t20-,22?,23?,24+,25?,28?,29-,30+,31-,32+/m0/s1. The van der Waals surface area contributed by atoms with E-state index in [9.17, 15) is 9.90 Å². The molecular weight excluding hydrogens is 448 g/mol. The van der Waals surface area contributed by atoms with Crippen LogP contribution in [0, 0.1) is 50.7 Å². The number of carboxylic acid groups (broad SMARTS) is 1. The number of carboxylic acids is 1. The minimum Gasteiger partial charge on any atom is -0.481 e. The number of hydrogen-bond donors (Lipinski definition) is 1. The van der Waals surface area contributed by atoms with Gasteiger partial charge in [-0.15, -0.1) is 0 Å². The lowest BCUT2D eigenvalue weighted by atomic mass is 9.33. The summed E-state index contributed by atoms with van der Waals surface area (Å²) in [5.74, 6) is 1.12. The summed E-state index contributed by atoms with van der Waals surface area (Å²) in [4.78, 5) is 13.1. The van der Waals surface area contributed by atoms with Gasteiger partial charge in [-0.3, -0.25) is 4.79 Å². The first-order chi connectivity index (χ1) is 16.7. The third kappa shape index (κ3) is 3.09. The van der Waals surface area contributed by atoms with Gasteiger partial charge in [0.15, 0.2) is 0 Å². The molecule has 1 N–H and O–H groups in total. The fraction of sp³-hybridized carbons (Fsp3) is 0.906. The van der Waals surface area contributed by atoms with Crippen molar-refractivity contribution in [1.29, 1.82) is 0 Å². The minimum atomic E-state index is -0.797. The molecule has 5 rings (SSSR count). The second-order valence-electron chi connectivity index (χ2n) is 15.3. The lowest BCUT2D eigenvalue weighted by molar-refractivity contribution is -0.236.